The van der Waals surface area contributed by atoms with Crippen molar-refractivity contribution in [1.29, 1.82) is 0 Å². The molecule has 1 N–H and O–H groups in total. The van der Waals surface area contributed by atoms with Gasteiger partial charge in [-0.25, -0.2) is 4.79 Å². The van der Waals surface area contributed by atoms with E-state index < -0.39 is 5.97 Å². The molecule has 6 heteroatoms. The van der Waals surface area contributed by atoms with Gasteiger partial charge in [-0.05, 0) is 62.3 Å². The third-order valence-corrected chi connectivity index (χ3v) is 5.78. The molecule has 2 aromatic rings. The minimum absolute atomic E-state index is 0.0190. The first-order valence-electron chi connectivity index (χ1n) is 10.3. The molecule has 0 radical (unpaired) electrons. The van der Waals surface area contributed by atoms with Crippen LogP contribution in [0.1, 0.15) is 69.8 Å². The highest BCUT2D eigenvalue weighted by atomic mass is 16.6. The number of esters is 1. The lowest BCUT2D eigenvalue weighted by atomic mass is 9.81. The van der Waals surface area contributed by atoms with Gasteiger partial charge in [-0.1, -0.05) is 12.1 Å². The van der Waals surface area contributed by atoms with E-state index in [4.69, 9.17) is 14.2 Å². The SMILES string of the molecule is CCOc1ccc([C@@H]2CC(=O)c3c([nH]c(C(=O)OC[C@@H]4CCCO4)c3C)C2)cc1. The molecular weight excluding hydrogens is 370 g/mol. The lowest BCUT2D eigenvalue weighted by Crippen LogP contribution is -2.18. The first kappa shape index (κ1) is 19.7. The van der Waals surface area contributed by atoms with Crippen molar-refractivity contribution in [3.63, 3.8) is 0 Å². The maximum Gasteiger partial charge on any atom is 0.355 e. The van der Waals surface area contributed by atoms with Gasteiger partial charge in [-0.15, -0.1) is 0 Å². The molecule has 4 rings (SSSR count). The zero-order chi connectivity index (χ0) is 20.4. The number of benzene rings is 1. The highest BCUT2D eigenvalue weighted by molar-refractivity contribution is 6.03. The summed E-state index contributed by atoms with van der Waals surface area (Å²) in [5.41, 5.74) is 3.64. The van der Waals surface area contributed by atoms with Crippen molar-refractivity contribution >= 4 is 11.8 Å². The molecule has 2 heterocycles. The number of carbonyl (C=O) groups excluding carboxylic acids is 2. The topological polar surface area (TPSA) is 77.6 Å². The zero-order valence-electron chi connectivity index (χ0n) is 17.0. The van der Waals surface area contributed by atoms with Crippen molar-refractivity contribution in [3.05, 3.63) is 52.3 Å². The molecule has 0 bridgehead atoms. The Bertz CT molecular complexity index is 893. The normalized spacial score (nSPS) is 21.1. The van der Waals surface area contributed by atoms with Gasteiger partial charge in [0.05, 0.1) is 12.7 Å². The average molecular weight is 397 g/mol. The summed E-state index contributed by atoms with van der Waals surface area (Å²) in [5, 5.41) is 0. The first-order valence-corrected chi connectivity index (χ1v) is 10.3. The Morgan fingerprint density at radius 1 is 1.24 bits per heavy atom. The van der Waals surface area contributed by atoms with Gasteiger partial charge in [0.2, 0.25) is 0 Å². The van der Waals surface area contributed by atoms with Gasteiger partial charge in [0.1, 0.15) is 18.1 Å². The second-order valence-electron chi connectivity index (χ2n) is 7.74. The van der Waals surface area contributed by atoms with Gasteiger partial charge in [-0.2, -0.15) is 0 Å². The Morgan fingerprint density at radius 2 is 2.03 bits per heavy atom. The third-order valence-electron chi connectivity index (χ3n) is 5.78. The molecule has 29 heavy (non-hydrogen) atoms. The molecule has 1 aromatic carbocycles. The number of aromatic amines is 1. The van der Waals surface area contributed by atoms with Crippen LogP contribution in [0.4, 0.5) is 0 Å². The quantitative estimate of drug-likeness (QED) is 0.747. The van der Waals surface area contributed by atoms with E-state index in [1.54, 1.807) is 0 Å². The van der Waals surface area contributed by atoms with Crippen molar-refractivity contribution in [1.82, 2.24) is 4.98 Å². The number of nitrogens with one attached hydrogen (secondary N) is 1. The summed E-state index contributed by atoms with van der Waals surface area (Å²) in [6, 6.07) is 7.90. The fourth-order valence-corrected chi connectivity index (χ4v) is 4.29. The molecule has 1 aromatic heterocycles. The van der Waals surface area contributed by atoms with Gasteiger partial charge >= 0.3 is 5.97 Å². The van der Waals surface area contributed by atoms with Gasteiger partial charge in [0.15, 0.2) is 5.78 Å². The molecule has 0 spiro atoms. The maximum atomic E-state index is 12.8. The van der Waals surface area contributed by atoms with E-state index in [9.17, 15) is 9.59 Å². The van der Waals surface area contributed by atoms with Crippen LogP contribution in [0.3, 0.4) is 0 Å². The molecule has 1 saturated heterocycles. The van der Waals surface area contributed by atoms with Crippen molar-refractivity contribution < 1.29 is 23.8 Å². The summed E-state index contributed by atoms with van der Waals surface area (Å²) in [6.07, 6.45) is 3.02. The average Bonchev–Trinajstić information content (AvgIpc) is 3.35. The van der Waals surface area contributed by atoms with E-state index in [2.05, 4.69) is 4.98 Å². The number of rotatable bonds is 6. The van der Waals surface area contributed by atoms with Crippen LogP contribution < -0.4 is 4.74 Å². The van der Waals surface area contributed by atoms with Crippen molar-refractivity contribution in [3.8, 4) is 5.75 Å². The summed E-state index contributed by atoms with van der Waals surface area (Å²) in [4.78, 5) is 28.6. The number of hydrogen-bond donors (Lipinski definition) is 1. The number of ketones is 1. The van der Waals surface area contributed by atoms with E-state index in [0.29, 0.717) is 36.3 Å². The molecule has 2 aliphatic rings. The molecule has 1 fully saturated rings. The third kappa shape index (κ3) is 4.08. The number of carbonyl (C=O) groups is 2. The molecule has 1 aliphatic carbocycles. The minimum Gasteiger partial charge on any atom is -0.494 e. The van der Waals surface area contributed by atoms with Gasteiger partial charge in [0, 0.05) is 24.3 Å². The summed E-state index contributed by atoms with van der Waals surface area (Å²) >= 11 is 0. The number of H-pyrrole nitrogens is 1. The van der Waals surface area contributed by atoms with Crippen LogP contribution in [0, 0.1) is 6.92 Å². The van der Waals surface area contributed by atoms with E-state index in [-0.39, 0.29) is 24.4 Å². The lowest BCUT2D eigenvalue weighted by Gasteiger charge is -2.22. The summed E-state index contributed by atoms with van der Waals surface area (Å²) in [7, 11) is 0. The largest absolute Gasteiger partial charge is 0.494 e. The van der Waals surface area contributed by atoms with Crippen LogP contribution in [0.25, 0.3) is 0 Å². The number of hydrogen-bond acceptors (Lipinski definition) is 5. The zero-order valence-corrected chi connectivity index (χ0v) is 17.0. The van der Waals surface area contributed by atoms with E-state index >= 15 is 0 Å². The Labute approximate surface area is 170 Å². The number of fused-ring (bicyclic) bond motifs is 1. The molecule has 0 unspecified atom stereocenters. The van der Waals surface area contributed by atoms with Crippen LogP contribution in [-0.2, 0) is 15.9 Å². The molecule has 154 valence electrons. The highest BCUT2D eigenvalue weighted by Crippen LogP contribution is 2.35. The van der Waals surface area contributed by atoms with Gasteiger partial charge in [0.25, 0.3) is 0 Å². The van der Waals surface area contributed by atoms with Crippen LogP contribution >= 0.6 is 0 Å². The number of aromatic nitrogens is 1. The van der Waals surface area contributed by atoms with Crippen LogP contribution in [0.15, 0.2) is 24.3 Å². The number of ether oxygens (including phenoxy) is 3. The fraction of sp³-hybridized carbons (Fsp3) is 0.478. The minimum atomic E-state index is -0.419. The summed E-state index contributed by atoms with van der Waals surface area (Å²) < 4.78 is 16.4. The van der Waals surface area contributed by atoms with E-state index in [1.807, 2.05) is 38.1 Å². The molecule has 0 saturated carbocycles. The predicted octanol–water partition coefficient (Wildman–Crippen LogP) is 3.97. The molecule has 6 nitrogen and oxygen atoms in total. The number of Topliss-reactive ketones (excluding diaryl/α,β-unsaturated/α-hetero) is 1. The Kier molecular flexibility index (Phi) is 5.72. The smallest absolute Gasteiger partial charge is 0.355 e. The predicted molar refractivity (Wildman–Crippen MR) is 108 cm³/mol. The standard InChI is InChI=1S/C23H27NO5/c1-3-27-17-8-6-15(7-9-17)16-11-19-21(20(25)12-16)14(2)22(24-19)23(26)29-13-18-5-4-10-28-18/h6-9,16,18,24H,3-5,10-13H2,1-2H3/t16-,18-/m0/s1. The molecule has 1 aliphatic heterocycles. The second-order valence-corrected chi connectivity index (χ2v) is 7.74. The van der Waals surface area contributed by atoms with Crippen LogP contribution in [0.5, 0.6) is 5.75 Å². The maximum absolute atomic E-state index is 12.8. The Balaban J connectivity index is 1.49. The second kappa shape index (κ2) is 8.41. The summed E-state index contributed by atoms with van der Waals surface area (Å²) in [6.45, 7) is 5.36. The van der Waals surface area contributed by atoms with Crippen LogP contribution in [0.2, 0.25) is 0 Å². The summed E-state index contributed by atoms with van der Waals surface area (Å²) in [5.74, 6) is 0.556. The van der Waals surface area contributed by atoms with Crippen LogP contribution in [-0.4, -0.2) is 42.7 Å². The molecular formula is C23H27NO5. The van der Waals surface area contributed by atoms with Crippen molar-refractivity contribution in [2.75, 3.05) is 19.8 Å². The Morgan fingerprint density at radius 3 is 2.72 bits per heavy atom. The Hall–Kier alpha value is -2.60. The van der Waals surface area contributed by atoms with Gasteiger partial charge < -0.3 is 19.2 Å². The molecule has 2 atom stereocenters. The van der Waals surface area contributed by atoms with E-state index in [0.717, 1.165) is 36.5 Å². The van der Waals surface area contributed by atoms with Gasteiger partial charge in [-0.3, -0.25) is 4.79 Å². The fourth-order valence-electron chi connectivity index (χ4n) is 4.29. The van der Waals surface area contributed by atoms with E-state index in [1.165, 1.54) is 0 Å². The van der Waals surface area contributed by atoms with Crippen molar-refractivity contribution in [2.45, 2.75) is 51.6 Å². The lowest BCUT2D eigenvalue weighted by molar-refractivity contribution is 0.0156. The van der Waals surface area contributed by atoms with Crippen molar-refractivity contribution in [2.24, 2.45) is 0 Å². The monoisotopic (exact) mass is 397 g/mol. The first-order chi connectivity index (χ1) is 14.1. The highest BCUT2D eigenvalue weighted by Gasteiger charge is 2.32. The molecule has 0 amide bonds.